The van der Waals surface area contributed by atoms with Crippen LogP contribution in [0.4, 0.5) is 5.69 Å². The van der Waals surface area contributed by atoms with Crippen LogP contribution in [0.1, 0.15) is 15.9 Å². The largest absolute Gasteiger partial charge is 0.545 e. The van der Waals surface area contributed by atoms with Crippen LogP contribution in [0.25, 0.3) is 0 Å². The van der Waals surface area contributed by atoms with Gasteiger partial charge in [0, 0.05) is 5.69 Å². The summed E-state index contributed by atoms with van der Waals surface area (Å²) in [4.78, 5) is 10.5. The third-order valence-electron chi connectivity index (χ3n) is 2.67. The molecule has 2 aromatic rings. The normalized spacial score (nSPS) is 10.6. The van der Waals surface area contributed by atoms with Crippen LogP contribution >= 0.6 is 0 Å². The number of sulfonamides is 1. The van der Waals surface area contributed by atoms with Gasteiger partial charge in [0.25, 0.3) is 10.0 Å². The van der Waals surface area contributed by atoms with E-state index in [-0.39, 0.29) is 21.7 Å². The standard InChI is InChI=1S/C14H10N2O4S/c15-9-11-3-1-2-4-13(11)21(19,20)16-12-7-5-10(6-8-12)14(17)18/h1-8,16H,(H,17,18)/p-1. The minimum Gasteiger partial charge on any atom is -0.545 e. The number of nitrogens with one attached hydrogen (secondary N) is 1. The molecule has 0 heterocycles. The predicted molar refractivity (Wildman–Crippen MR) is 72.7 cm³/mol. The van der Waals surface area contributed by atoms with Crippen molar-refractivity contribution in [2.75, 3.05) is 4.72 Å². The number of rotatable bonds is 4. The average Bonchev–Trinajstić information content (AvgIpc) is 2.47. The quantitative estimate of drug-likeness (QED) is 0.894. The summed E-state index contributed by atoms with van der Waals surface area (Å²) >= 11 is 0. The number of hydrogen-bond acceptors (Lipinski definition) is 5. The molecule has 0 atom stereocenters. The predicted octanol–water partition coefficient (Wildman–Crippen LogP) is 0.723. The second-order valence-electron chi connectivity index (χ2n) is 4.08. The van der Waals surface area contributed by atoms with Crippen molar-refractivity contribution in [3.8, 4) is 6.07 Å². The van der Waals surface area contributed by atoms with Crippen LogP contribution in [0.2, 0.25) is 0 Å². The number of carboxylic acid groups (broad SMARTS) is 1. The average molecular weight is 301 g/mol. The van der Waals surface area contributed by atoms with Crippen molar-refractivity contribution in [2.24, 2.45) is 0 Å². The zero-order chi connectivity index (χ0) is 15.5. The molecule has 6 nitrogen and oxygen atoms in total. The molecule has 0 saturated heterocycles. The van der Waals surface area contributed by atoms with E-state index in [0.29, 0.717) is 0 Å². The SMILES string of the molecule is N#Cc1ccccc1S(=O)(=O)Nc1ccc(C(=O)[O-])cc1. The molecule has 0 aliphatic carbocycles. The first-order valence-electron chi connectivity index (χ1n) is 5.77. The van der Waals surface area contributed by atoms with Crippen molar-refractivity contribution in [2.45, 2.75) is 4.90 Å². The molecule has 1 N–H and O–H groups in total. The van der Waals surface area contributed by atoms with Gasteiger partial charge in [-0.05, 0) is 29.8 Å². The van der Waals surface area contributed by atoms with Crippen LogP contribution < -0.4 is 9.83 Å². The summed E-state index contributed by atoms with van der Waals surface area (Å²) in [5, 5.41) is 19.5. The molecule has 2 aromatic carbocycles. The van der Waals surface area contributed by atoms with E-state index >= 15 is 0 Å². The van der Waals surface area contributed by atoms with Crippen LogP contribution in [0.15, 0.2) is 53.4 Å². The first-order chi connectivity index (χ1) is 9.94. The Kier molecular flexibility index (Phi) is 3.91. The molecular weight excluding hydrogens is 292 g/mol. The number of anilines is 1. The van der Waals surface area contributed by atoms with E-state index in [0.717, 1.165) is 0 Å². The number of benzene rings is 2. The number of nitriles is 1. The second-order valence-corrected chi connectivity index (χ2v) is 5.73. The molecule has 2 rings (SSSR count). The highest BCUT2D eigenvalue weighted by Crippen LogP contribution is 2.19. The molecule has 0 bridgehead atoms. The van der Waals surface area contributed by atoms with Crippen molar-refractivity contribution < 1.29 is 18.3 Å². The minimum atomic E-state index is -3.92. The zero-order valence-corrected chi connectivity index (χ0v) is 11.4. The monoisotopic (exact) mass is 301 g/mol. The van der Waals surface area contributed by atoms with Gasteiger partial charge in [-0.1, -0.05) is 24.3 Å². The van der Waals surface area contributed by atoms with Crippen molar-refractivity contribution in [1.29, 1.82) is 5.26 Å². The Morgan fingerprint density at radius 1 is 1.10 bits per heavy atom. The fraction of sp³-hybridized carbons (Fsp3) is 0. The van der Waals surface area contributed by atoms with Crippen LogP contribution in [-0.2, 0) is 10.0 Å². The molecule has 0 radical (unpaired) electrons. The van der Waals surface area contributed by atoms with E-state index in [1.807, 2.05) is 0 Å². The van der Waals surface area contributed by atoms with Gasteiger partial charge >= 0.3 is 0 Å². The van der Waals surface area contributed by atoms with Gasteiger partial charge in [-0.25, -0.2) is 8.42 Å². The van der Waals surface area contributed by atoms with E-state index in [4.69, 9.17) is 5.26 Å². The molecule has 0 aliphatic rings. The van der Waals surface area contributed by atoms with Crippen LogP contribution in [0.3, 0.4) is 0 Å². The summed E-state index contributed by atoms with van der Waals surface area (Å²) in [6.07, 6.45) is 0. The first kappa shape index (κ1) is 14.6. The lowest BCUT2D eigenvalue weighted by atomic mass is 10.2. The van der Waals surface area contributed by atoms with Crippen molar-refractivity contribution >= 4 is 21.7 Å². The lowest BCUT2D eigenvalue weighted by Gasteiger charge is -2.10. The van der Waals surface area contributed by atoms with Gasteiger partial charge in [0.05, 0.1) is 11.5 Å². The van der Waals surface area contributed by atoms with E-state index in [9.17, 15) is 18.3 Å². The van der Waals surface area contributed by atoms with Crippen LogP contribution in [0, 0.1) is 11.3 Å². The Hall–Kier alpha value is -2.85. The Morgan fingerprint density at radius 3 is 2.29 bits per heavy atom. The highest BCUT2D eigenvalue weighted by Gasteiger charge is 2.18. The summed E-state index contributed by atoms with van der Waals surface area (Å²) in [6.45, 7) is 0. The Labute approximate surface area is 121 Å². The number of nitrogens with zero attached hydrogens (tertiary/aromatic N) is 1. The van der Waals surface area contributed by atoms with Gasteiger partial charge in [-0.15, -0.1) is 0 Å². The van der Waals surface area contributed by atoms with Crippen LogP contribution in [-0.4, -0.2) is 14.4 Å². The molecule has 0 amide bonds. The van der Waals surface area contributed by atoms with Crippen molar-refractivity contribution in [1.82, 2.24) is 0 Å². The third-order valence-corrected chi connectivity index (χ3v) is 4.11. The number of carboxylic acids is 1. The Morgan fingerprint density at radius 2 is 1.71 bits per heavy atom. The maximum absolute atomic E-state index is 12.2. The van der Waals surface area contributed by atoms with E-state index in [1.54, 1.807) is 12.1 Å². The number of carbonyl (C=O) groups excluding carboxylic acids is 1. The molecule has 0 saturated carbocycles. The molecule has 21 heavy (non-hydrogen) atoms. The molecule has 0 fully saturated rings. The molecule has 0 spiro atoms. The molecule has 7 heteroatoms. The number of carbonyl (C=O) groups is 1. The highest BCUT2D eigenvalue weighted by molar-refractivity contribution is 7.92. The van der Waals surface area contributed by atoms with Gasteiger partial charge in [0.2, 0.25) is 0 Å². The van der Waals surface area contributed by atoms with Crippen molar-refractivity contribution in [3.63, 3.8) is 0 Å². The summed E-state index contributed by atoms with van der Waals surface area (Å²) < 4.78 is 26.7. The summed E-state index contributed by atoms with van der Waals surface area (Å²) in [6, 6.07) is 12.6. The zero-order valence-electron chi connectivity index (χ0n) is 10.6. The summed E-state index contributed by atoms with van der Waals surface area (Å²) in [5.41, 5.74) is 0.152. The lowest BCUT2D eigenvalue weighted by Crippen LogP contribution is -2.22. The topological polar surface area (TPSA) is 110 Å². The second kappa shape index (κ2) is 5.64. The Bertz CT molecular complexity index is 821. The van der Waals surface area contributed by atoms with E-state index in [1.165, 1.54) is 42.5 Å². The third kappa shape index (κ3) is 3.19. The van der Waals surface area contributed by atoms with Gasteiger partial charge in [-0.2, -0.15) is 5.26 Å². The first-order valence-corrected chi connectivity index (χ1v) is 7.26. The fourth-order valence-corrected chi connectivity index (χ4v) is 2.90. The molecular formula is C14H9N2O4S-. The summed E-state index contributed by atoms with van der Waals surface area (Å²) in [7, 11) is -3.92. The smallest absolute Gasteiger partial charge is 0.263 e. The number of aromatic carboxylic acids is 1. The van der Waals surface area contributed by atoms with Gasteiger partial charge in [0.15, 0.2) is 0 Å². The molecule has 0 aliphatic heterocycles. The lowest BCUT2D eigenvalue weighted by molar-refractivity contribution is -0.255. The fourth-order valence-electron chi connectivity index (χ4n) is 1.68. The van der Waals surface area contributed by atoms with Crippen molar-refractivity contribution in [3.05, 3.63) is 59.7 Å². The van der Waals surface area contributed by atoms with Gasteiger partial charge in [-0.3, -0.25) is 4.72 Å². The minimum absolute atomic E-state index is 0.0244. The maximum atomic E-state index is 12.2. The highest BCUT2D eigenvalue weighted by atomic mass is 32.2. The van der Waals surface area contributed by atoms with Crippen LogP contribution in [0.5, 0.6) is 0 Å². The molecule has 0 aromatic heterocycles. The molecule has 0 unspecified atom stereocenters. The number of hydrogen-bond donors (Lipinski definition) is 1. The van der Waals surface area contributed by atoms with Gasteiger partial charge < -0.3 is 9.90 Å². The maximum Gasteiger partial charge on any atom is 0.263 e. The van der Waals surface area contributed by atoms with E-state index < -0.39 is 16.0 Å². The summed E-state index contributed by atoms with van der Waals surface area (Å²) in [5.74, 6) is -1.35. The van der Waals surface area contributed by atoms with E-state index in [2.05, 4.69) is 4.72 Å². The van der Waals surface area contributed by atoms with Gasteiger partial charge in [0.1, 0.15) is 11.0 Å². The Balaban J connectivity index is 2.34. The molecule has 106 valence electrons.